The number of rotatable bonds is 4. The van der Waals surface area contributed by atoms with Crippen LogP contribution in [0.4, 0.5) is 0 Å². The molecule has 3 nitrogen and oxygen atoms in total. The van der Waals surface area contributed by atoms with Crippen LogP contribution in [-0.4, -0.2) is 0 Å². The molecule has 0 aliphatic rings. The quantitative estimate of drug-likeness (QED) is 0.413. The maximum atomic E-state index is 5.74. The Kier molecular flexibility index (Phi) is 4.05. The van der Waals surface area contributed by atoms with Gasteiger partial charge in [0.05, 0.1) is 12.3 Å². The van der Waals surface area contributed by atoms with Crippen LogP contribution in [0, 0.1) is 3.57 Å². The molecule has 1 heterocycles. The van der Waals surface area contributed by atoms with E-state index in [1.165, 1.54) is 9.13 Å². The number of para-hydroxylation sites is 1. The molecule has 2 aromatic carbocycles. The van der Waals surface area contributed by atoms with Gasteiger partial charge in [0.1, 0.15) is 5.58 Å². The van der Waals surface area contributed by atoms with Crippen molar-refractivity contribution < 1.29 is 4.42 Å². The molecule has 102 valence electrons. The van der Waals surface area contributed by atoms with Crippen molar-refractivity contribution in [2.24, 2.45) is 5.84 Å². The maximum absolute atomic E-state index is 5.74. The van der Waals surface area contributed by atoms with E-state index in [0.717, 1.165) is 23.0 Å². The molecule has 1 atom stereocenters. The monoisotopic (exact) mass is 378 g/mol. The Balaban J connectivity index is 1.91. The molecule has 1 aromatic heterocycles. The van der Waals surface area contributed by atoms with Gasteiger partial charge >= 0.3 is 0 Å². The fraction of sp³-hybridized carbons (Fsp3) is 0.125. The molecule has 3 aromatic rings. The van der Waals surface area contributed by atoms with Crippen molar-refractivity contribution in [3.8, 4) is 0 Å². The van der Waals surface area contributed by atoms with Crippen molar-refractivity contribution in [2.45, 2.75) is 12.5 Å². The van der Waals surface area contributed by atoms with E-state index < -0.39 is 0 Å². The van der Waals surface area contributed by atoms with Gasteiger partial charge in [-0.15, -0.1) is 0 Å². The largest absolute Gasteiger partial charge is 0.464 e. The summed E-state index contributed by atoms with van der Waals surface area (Å²) in [6.07, 6.45) is 2.62. The highest BCUT2D eigenvalue weighted by molar-refractivity contribution is 14.1. The highest BCUT2D eigenvalue weighted by Crippen LogP contribution is 2.28. The molecule has 0 amide bonds. The van der Waals surface area contributed by atoms with Crippen LogP contribution in [0.2, 0.25) is 0 Å². The average Bonchev–Trinajstić information content (AvgIpc) is 2.91. The summed E-state index contributed by atoms with van der Waals surface area (Å²) in [5.74, 6) is 5.74. The van der Waals surface area contributed by atoms with E-state index in [0.29, 0.717) is 0 Å². The van der Waals surface area contributed by atoms with Crippen LogP contribution in [0.25, 0.3) is 11.0 Å². The number of hydrogen-bond donors (Lipinski definition) is 2. The van der Waals surface area contributed by atoms with Gasteiger partial charge in [-0.2, -0.15) is 0 Å². The Hall–Kier alpha value is -1.37. The Bertz CT molecular complexity index is 706. The molecule has 3 rings (SSSR count). The van der Waals surface area contributed by atoms with Crippen molar-refractivity contribution in [3.05, 3.63) is 69.5 Å². The molecule has 0 radical (unpaired) electrons. The second kappa shape index (κ2) is 5.95. The number of fused-ring (bicyclic) bond motifs is 1. The lowest BCUT2D eigenvalue weighted by Crippen LogP contribution is -2.29. The van der Waals surface area contributed by atoms with Crippen LogP contribution >= 0.6 is 22.6 Å². The third-order valence-corrected chi connectivity index (χ3v) is 4.16. The van der Waals surface area contributed by atoms with Crippen molar-refractivity contribution in [1.82, 2.24) is 5.43 Å². The third-order valence-electron chi connectivity index (χ3n) is 3.44. The summed E-state index contributed by atoms with van der Waals surface area (Å²) in [5, 5.41) is 1.11. The first-order valence-corrected chi connectivity index (χ1v) is 7.52. The van der Waals surface area contributed by atoms with Crippen molar-refractivity contribution >= 4 is 33.6 Å². The Morgan fingerprint density at radius 3 is 2.60 bits per heavy atom. The van der Waals surface area contributed by atoms with Gasteiger partial charge < -0.3 is 4.42 Å². The molecule has 0 spiro atoms. The molecule has 0 saturated heterocycles. The summed E-state index contributed by atoms with van der Waals surface area (Å²) < 4.78 is 6.83. The molecule has 0 aliphatic heterocycles. The number of hydrogen-bond acceptors (Lipinski definition) is 3. The fourth-order valence-corrected chi connectivity index (χ4v) is 2.74. The lowest BCUT2D eigenvalue weighted by atomic mass is 9.99. The highest BCUT2D eigenvalue weighted by atomic mass is 127. The number of halogens is 1. The van der Waals surface area contributed by atoms with Crippen LogP contribution in [-0.2, 0) is 6.42 Å². The Labute approximate surface area is 131 Å². The molecular weight excluding hydrogens is 363 g/mol. The molecule has 20 heavy (non-hydrogen) atoms. The van der Waals surface area contributed by atoms with Gasteiger partial charge in [0.25, 0.3) is 0 Å². The van der Waals surface area contributed by atoms with E-state index >= 15 is 0 Å². The topological polar surface area (TPSA) is 51.2 Å². The minimum absolute atomic E-state index is 0.0405. The molecule has 1 unspecified atom stereocenters. The zero-order chi connectivity index (χ0) is 13.9. The van der Waals surface area contributed by atoms with E-state index in [4.69, 9.17) is 10.3 Å². The van der Waals surface area contributed by atoms with Crippen LogP contribution < -0.4 is 11.3 Å². The molecule has 0 fully saturated rings. The van der Waals surface area contributed by atoms with Gasteiger partial charge in [0.2, 0.25) is 0 Å². The molecule has 3 N–H and O–H groups in total. The summed E-state index contributed by atoms with van der Waals surface area (Å²) in [6, 6.07) is 16.5. The number of nitrogens with one attached hydrogen (secondary N) is 1. The predicted molar refractivity (Wildman–Crippen MR) is 89.1 cm³/mol. The molecule has 0 aliphatic carbocycles. The van der Waals surface area contributed by atoms with Crippen LogP contribution in [0.5, 0.6) is 0 Å². The van der Waals surface area contributed by atoms with Gasteiger partial charge in [0.15, 0.2) is 0 Å². The average molecular weight is 378 g/mol. The zero-order valence-electron chi connectivity index (χ0n) is 10.8. The summed E-state index contributed by atoms with van der Waals surface area (Å²) in [6.45, 7) is 0. The van der Waals surface area contributed by atoms with E-state index in [-0.39, 0.29) is 6.04 Å². The zero-order valence-corrected chi connectivity index (χ0v) is 13.0. The normalized spacial score (nSPS) is 12.7. The first-order chi connectivity index (χ1) is 9.78. The maximum Gasteiger partial charge on any atom is 0.134 e. The second-order valence-electron chi connectivity index (χ2n) is 4.74. The van der Waals surface area contributed by atoms with Crippen molar-refractivity contribution in [3.63, 3.8) is 0 Å². The summed E-state index contributed by atoms with van der Waals surface area (Å²) >= 11 is 2.31. The van der Waals surface area contributed by atoms with E-state index in [1.54, 1.807) is 6.26 Å². The van der Waals surface area contributed by atoms with Gasteiger partial charge in [-0.3, -0.25) is 11.3 Å². The van der Waals surface area contributed by atoms with Crippen molar-refractivity contribution in [1.29, 1.82) is 0 Å². The van der Waals surface area contributed by atoms with E-state index in [2.05, 4.69) is 58.3 Å². The molecular formula is C16H15IN2O. The standard InChI is InChI=1S/C16H15IN2O/c17-12-7-5-11(6-8-12)9-15(19-18)14-10-20-16-4-2-1-3-13(14)16/h1-8,10,15,19H,9,18H2. The van der Waals surface area contributed by atoms with Gasteiger partial charge in [-0.25, -0.2) is 0 Å². The lowest BCUT2D eigenvalue weighted by molar-refractivity contribution is 0.536. The van der Waals surface area contributed by atoms with Crippen LogP contribution in [0.1, 0.15) is 17.2 Å². The number of nitrogens with two attached hydrogens (primary N) is 1. The van der Waals surface area contributed by atoms with Crippen LogP contribution in [0.15, 0.2) is 59.2 Å². The molecule has 4 heteroatoms. The van der Waals surface area contributed by atoms with Crippen molar-refractivity contribution in [2.75, 3.05) is 0 Å². The summed E-state index contributed by atoms with van der Waals surface area (Å²) in [4.78, 5) is 0. The highest BCUT2D eigenvalue weighted by Gasteiger charge is 2.16. The van der Waals surface area contributed by atoms with Crippen LogP contribution in [0.3, 0.4) is 0 Å². The van der Waals surface area contributed by atoms with E-state index in [1.807, 2.05) is 18.2 Å². The predicted octanol–water partition coefficient (Wildman–Crippen LogP) is 3.78. The molecule has 0 saturated carbocycles. The van der Waals surface area contributed by atoms with E-state index in [9.17, 15) is 0 Å². The Morgan fingerprint density at radius 2 is 1.85 bits per heavy atom. The summed E-state index contributed by atoms with van der Waals surface area (Å²) in [5.41, 5.74) is 6.14. The molecule has 0 bridgehead atoms. The fourth-order valence-electron chi connectivity index (χ4n) is 2.38. The first kappa shape index (κ1) is 13.6. The second-order valence-corrected chi connectivity index (χ2v) is 5.98. The Morgan fingerprint density at radius 1 is 1.10 bits per heavy atom. The summed E-state index contributed by atoms with van der Waals surface area (Å²) in [7, 11) is 0. The third kappa shape index (κ3) is 2.72. The smallest absolute Gasteiger partial charge is 0.134 e. The first-order valence-electron chi connectivity index (χ1n) is 6.44. The SMILES string of the molecule is NNC(Cc1ccc(I)cc1)c1coc2ccccc12. The lowest BCUT2D eigenvalue weighted by Gasteiger charge is -2.15. The van der Waals surface area contributed by atoms with Gasteiger partial charge in [-0.1, -0.05) is 30.3 Å². The van der Waals surface area contributed by atoms with Gasteiger partial charge in [0, 0.05) is 14.5 Å². The number of hydrazine groups is 1. The minimum atomic E-state index is 0.0405. The number of benzene rings is 2. The van der Waals surface area contributed by atoms with Gasteiger partial charge in [-0.05, 0) is 52.8 Å². The number of furan rings is 1. The minimum Gasteiger partial charge on any atom is -0.464 e.